The van der Waals surface area contributed by atoms with Gasteiger partial charge in [0.15, 0.2) is 0 Å². The predicted octanol–water partition coefficient (Wildman–Crippen LogP) is 4.50. The normalized spacial score (nSPS) is 11.8. The van der Waals surface area contributed by atoms with E-state index in [1.807, 2.05) is 13.8 Å². The van der Waals surface area contributed by atoms with Crippen molar-refractivity contribution in [3.63, 3.8) is 0 Å². The number of thioether (sulfide) groups is 1. The fourth-order valence-corrected chi connectivity index (χ4v) is 3.59. The second-order valence-corrected chi connectivity index (χ2v) is 7.26. The first kappa shape index (κ1) is 20.1. The molecule has 0 saturated heterocycles. The molecule has 0 amide bonds. The molecule has 5 nitrogen and oxygen atoms in total. The molecule has 136 valence electrons. The van der Waals surface area contributed by atoms with Crippen LogP contribution in [0.5, 0.6) is 0 Å². The molecule has 0 aliphatic heterocycles. The Kier molecular flexibility index (Phi) is 6.94. The summed E-state index contributed by atoms with van der Waals surface area (Å²) in [7, 11) is 0. The van der Waals surface area contributed by atoms with Crippen molar-refractivity contribution < 1.29 is 4.79 Å². The Balaban J connectivity index is 2.17. The summed E-state index contributed by atoms with van der Waals surface area (Å²) in [5, 5.41) is 12.9. The number of aryl methyl sites for hydroxylation is 3. The zero-order valence-electron chi connectivity index (χ0n) is 15.1. The molecular weight excluding hydrogens is 368 g/mol. The van der Waals surface area contributed by atoms with E-state index in [0.29, 0.717) is 15.8 Å². The standard InChI is InChI=1S/C19H21ClN4OS/c1-6-15(17(20)7-2)10-16(25)11-26-19-21-22-23-24(19)18-13(4)8-12(3)9-14(18)5/h6-9H,1-2,10-11H2,3-5H3/b17-15-. The number of aromatic nitrogens is 4. The Bertz CT molecular complexity index is 862. The van der Waals surface area contributed by atoms with Crippen molar-refractivity contribution in [2.75, 3.05) is 5.75 Å². The van der Waals surface area contributed by atoms with Crippen molar-refractivity contribution in [1.29, 1.82) is 0 Å². The maximum absolute atomic E-state index is 12.3. The molecule has 0 bridgehead atoms. The highest BCUT2D eigenvalue weighted by molar-refractivity contribution is 7.99. The Labute approximate surface area is 162 Å². The van der Waals surface area contributed by atoms with E-state index >= 15 is 0 Å². The minimum atomic E-state index is 0.0109. The van der Waals surface area contributed by atoms with Gasteiger partial charge in [0.25, 0.3) is 0 Å². The smallest absolute Gasteiger partial charge is 0.214 e. The highest BCUT2D eigenvalue weighted by atomic mass is 35.5. The van der Waals surface area contributed by atoms with Crippen molar-refractivity contribution in [2.24, 2.45) is 0 Å². The minimum absolute atomic E-state index is 0.0109. The Morgan fingerprint density at radius 3 is 2.46 bits per heavy atom. The van der Waals surface area contributed by atoms with Crippen LogP contribution < -0.4 is 0 Å². The molecule has 1 aromatic carbocycles. The van der Waals surface area contributed by atoms with Crippen LogP contribution in [0.2, 0.25) is 0 Å². The molecule has 0 radical (unpaired) electrons. The van der Waals surface area contributed by atoms with Gasteiger partial charge in [-0.05, 0) is 47.9 Å². The number of tetrazole rings is 1. The zero-order chi connectivity index (χ0) is 19.3. The van der Waals surface area contributed by atoms with Gasteiger partial charge in [0.2, 0.25) is 5.16 Å². The van der Waals surface area contributed by atoms with E-state index < -0.39 is 0 Å². The van der Waals surface area contributed by atoms with Crippen LogP contribution in [-0.4, -0.2) is 31.7 Å². The highest BCUT2D eigenvalue weighted by Gasteiger charge is 2.16. The molecule has 0 spiro atoms. The lowest BCUT2D eigenvalue weighted by molar-refractivity contribution is -0.115. The lowest BCUT2D eigenvalue weighted by atomic mass is 10.1. The number of allylic oxidation sites excluding steroid dienone is 4. The average Bonchev–Trinajstić information content (AvgIpc) is 3.04. The van der Waals surface area contributed by atoms with Gasteiger partial charge in [0.1, 0.15) is 5.78 Å². The van der Waals surface area contributed by atoms with Gasteiger partial charge in [0.05, 0.1) is 11.4 Å². The lowest BCUT2D eigenvalue weighted by Crippen LogP contribution is -2.07. The molecule has 7 heteroatoms. The summed E-state index contributed by atoms with van der Waals surface area (Å²) in [4.78, 5) is 12.3. The number of benzene rings is 1. The Morgan fingerprint density at radius 1 is 1.23 bits per heavy atom. The van der Waals surface area contributed by atoms with Gasteiger partial charge in [-0.25, -0.2) is 0 Å². The summed E-state index contributed by atoms with van der Waals surface area (Å²) in [5.74, 6) is 0.250. The van der Waals surface area contributed by atoms with Gasteiger partial charge in [-0.15, -0.1) is 5.10 Å². The third-order valence-corrected chi connectivity index (χ3v) is 5.15. The summed E-state index contributed by atoms with van der Waals surface area (Å²) < 4.78 is 1.68. The fourth-order valence-electron chi connectivity index (χ4n) is 2.71. The fraction of sp³-hybridized carbons (Fsp3) is 0.263. The van der Waals surface area contributed by atoms with Crippen LogP contribution in [0.25, 0.3) is 5.69 Å². The summed E-state index contributed by atoms with van der Waals surface area (Å²) in [6.07, 6.45) is 3.28. The molecule has 0 saturated carbocycles. The number of carbonyl (C=O) groups excluding carboxylic acids is 1. The van der Waals surface area contributed by atoms with E-state index in [2.05, 4.69) is 47.7 Å². The molecule has 2 aromatic rings. The number of nitrogens with zero attached hydrogens (tertiary/aromatic N) is 4. The van der Waals surface area contributed by atoms with Crippen LogP contribution in [0.1, 0.15) is 23.1 Å². The highest BCUT2D eigenvalue weighted by Crippen LogP contribution is 2.25. The third kappa shape index (κ3) is 4.71. The minimum Gasteiger partial charge on any atom is -0.298 e. The maximum Gasteiger partial charge on any atom is 0.214 e. The summed E-state index contributed by atoms with van der Waals surface area (Å²) >= 11 is 7.32. The van der Waals surface area contributed by atoms with E-state index in [1.54, 1.807) is 10.8 Å². The van der Waals surface area contributed by atoms with Crippen LogP contribution >= 0.6 is 23.4 Å². The summed E-state index contributed by atoms with van der Waals surface area (Å²) in [5.41, 5.74) is 4.95. The van der Waals surface area contributed by atoms with Gasteiger partial charge >= 0.3 is 0 Å². The van der Waals surface area contributed by atoms with Crippen molar-refractivity contribution in [3.8, 4) is 5.69 Å². The first-order valence-electron chi connectivity index (χ1n) is 8.02. The van der Waals surface area contributed by atoms with Crippen LogP contribution in [-0.2, 0) is 4.79 Å². The first-order chi connectivity index (χ1) is 12.4. The van der Waals surface area contributed by atoms with E-state index in [0.717, 1.165) is 16.8 Å². The van der Waals surface area contributed by atoms with Gasteiger partial charge < -0.3 is 0 Å². The molecule has 0 fully saturated rings. The van der Waals surface area contributed by atoms with Crippen LogP contribution in [0, 0.1) is 20.8 Å². The number of ketones is 1. The predicted molar refractivity (Wildman–Crippen MR) is 107 cm³/mol. The molecular formula is C19H21ClN4OS. The van der Waals surface area contributed by atoms with Crippen molar-refractivity contribution >= 4 is 29.1 Å². The molecule has 0 N–H and O–H groups in total. The average molecular weight is 389 g/mol. The van der Waals surface area contributed by atoms with E-state index in [9.17, 15) is 4.79 Å². The second kappa shape index (κ2) is 8.96. The molecule has 1 aromatic heterocycles. The number of rotatable bonds is 8. The van der Waals surface area contributed by atoms with Crippen LogP contribution in [0.15, 0.2) is 53.2 Å². The zero-order valence-corrected chi connectivity index (χ0v) is 16.7. The Hall–Kier alpha value is -2.18. The molecule has 0 aliphatic carbocycles. The number of carbonyl (C=O) groups is 1. The molecule has 26 heavy (non-hydrogen) atoms. The van der Waals surface area contributed by atoms with E-state index in [-0.39, 0.29) is 18.0 Å². The van der Waals surface area contributed by atoms with Gasteiger partial charge in [-0.1, -0.05) is 66.4 Å². The first-order valence-corrected chi connectivity index (χ1v) is 9.38. The molecule has 0 unspecified atom stereocenters. The maximum atomic E-state index is 12.3. The second-order valence-electron chi connectivity index (χ2n) is 5.91. The quantitative estimate of drug-likeness (QED) is 0.492. The van der Waals surface area contributed by atoms with Crippen LogP contribution in [0.4, 0.5) is 0 Å². The van der Waals surface area contributed by atoms with Crippen LogP contribution in [0.3, 0.4) is 0 Å². The number of hydrogen-bond donors (Lipinski definition) is 0. The monoisotopic (exact) mass is 388 g/mol. The number of halogens is 1. The SMILES string of the molecule is C=C/C(Cl)=C(\C=C)CC(=O)CSc1nnnn1-c1c(C)cc(C)cc1C. The van der Waals surface area contributed by atoms with Crippen molar-refractivity contribution in [1.82, 2.24) is 20.2 Å². The molecule has 1 heterocycles. The molecule has 0 aliphatic rings. The topological polar surface area (TPSA) is 60.7 Å². The van der Waals surface area contributed by atoms with E-state index in [4.69, 9.17) is 11.6 Å². The summed E-state index contributed by atoms with van der Waals surface area (Å²) in [6, 6.07) is 4.17. The van der Waals surface area contributed by atoms with Gasteiger partial charge in [-0.3, -0.25) is 4.79 Å². The van der Waals surface area contributed by atoms with Gasteiger partial charge in [-0.2, -0.15) is 4.68 Å². The van der Waals surface area contributed by atoms with E-state index in [1.165, 1.54) is 23.4 Å². The lowest BCUT2D eigenvalue weighted by Gasteiger charge is -2.12. The van der Waals surface area contributed by atoms with Gasteiger partial charge in [0, 0.05) is 11.5 Å². The van der Waals surface area contributed by atoms with Crippen molar-refractivity contribution in [3.05, 3.63) is 64.7 Å². The largest absolute Gasteiger partial charge is 0.298 e. The van der Waals surface area contributed by atoms with Crippen molar-refractivity contribution in [2.45, 2.75) is 32.3 Å². The number of Topliss-reactive ketones (excluding diaryl/α,β-unsaturated/α-hetero) is 1. The summed E-state index contributed by atoms with van der Waals surface area (Å²) in [6.45, 7) is 13.4. The Morgan fingerprint density at radius 2 is 1.88 bits per heavy atom. The molecule has 0 atom stereocenters. The third-order valence-electron chi connectivity index (χ3n) is 3.77. The molecule has 2 rings (SSSR count). The number of hydrogen-bond acceptors (Lipinski definition) is 5.